The Kier molecular flexibility index (Phi) is 4.99. The number of rotatable bonds is 7. The summed E-state index contributed by atoms with van der Waals surface area (Å²) in [7, 11) is 0. The highest BCUT2D eigenvalue weighted by Gasteiger charge is 2.12. The van der Waals surface area contributed by atoms with Crippen molar-refractivity contribution in [2.24, 2.45) is 0 Å². The number of fused-ring (bicyclic) bond motifs is 1. The molecule has 0 aliphatic rings. The molecule has 0 spiro atoms. The lowest BCUT2D eigenvalue weighted by atomic mass is 10.2. The molecule has 0 fully saturated rings. The average molecular weight is 329 g/mol. The topological polar surface area (TPSA) is 107 Å². The first-order valence-corrected chi connectivity index (χ1v) is 7.69. The summed E-state index contributed by atoms with van der Waals surface area (Å²) in [6.07, 6.45) is 0. The summed E-state index contributed by atoms with van der Waals surface area (Å²) in [5, 5.41) is 21.1. The highest BCUT2D eigenvalue weighted by molar-refractivity contribution is 5.56. The number of hydrogen-bond acceptors (Lipinski definition) is 6. The maximum Gasteiger partial charge on any atom is 0.274 e. The van der Waals surface area contributed by atoms with Gasteiger partial charge >= 0.3 is 0 Å². The highest BCUT2D eigenvalue weighted by atomic mass is 16.3. The van der Waals surface area contributed by atoms with Crippen molar-refractivity contribution >= 4 is 5.78 Å². The maximum absolute atomic E-state index is 12.3. The summed E-state index contributed by atoms with van der Waals surface area (Å²) >= 11 is 0. The lowest BCUT2D eigenvalue weighted by Crippen LogP contribution is -2.30. The molecule has 8 heteroatoms. The molecule has 2 heterocycles. The monoisotopic (exact) mass is 329 g/mol. The van der Waals surface area contributed by atoms with Crippen LogP contribution in [0.15, 0.2) is 41.2 Å². The Hall–Kier alpha value is -2.55. The molecular weight excluding hydrogens is 310 g/mol. The number of H-pyrrole nitrogens is 1. The second-order valence-corrected chi connectivity index (χ2v) is 5.38. The number of benzene rings is 1. The third kappa shape index (κ3) is 3.51. The van der Waals surface area contributed by atoms with E-state index in [-0.39, 0.29) is 18.8 Å². The van der Waals surface area contributed by atoms with Gasteiger partial charge in [0.1, 0.15) is 0 Å². The number of nitrogens with zero attached hydrogens (tertiary/aromatic N) is 4. The van der Waals surface area contributed by atoms with Gasteiger partial charge in [-0.15, -0.1) is 0 Å². The Morgan fingerprint density at radius 1 is 1.08 bits per heavy atom. The van der Waals surface area contributed by atoms with Crippen LogP contribution in [0.1, 0.15) is 5.69 Å². The zero-order valence-electron chi connectivity index (χ0n) is 13.1. The van der Waals surface area contributed by atoms with Gasteiger partial charge in [0.25, 0.3) is 11.3 Å². The molecule has 0 aliphatic heterocycles. The summed E-state index contributed by atoms with van der Waals surface area (Å²) in [5.41, 5.74) is 1.16. The Balaban J connectivity index is 1.93. The minimum atomic E-state index is -0.252. The molecule has 3 rings (SSSR count). The fourth-order valence-corrected chi connectivity index (χ4v) is 2.52. The SMILES string of the molecule is O=c1cc(CN(CCO)CCO)nc2nc(-c3ccccc3)[nH]n12. The molecule has 0 atom stereocenters. The summed E-state index contributed by atoms with van der Waals surface area (Å²) in [6, 6.07) is 10.9. The van der Waals surface area contributed by atoms with Gasteiger partial charge in [-0.3, -0.25) is 14.8 Å². The molecule has 8 nitrogen and oxygen atoms in total. The van der Waals surface area contributed by atoms with E-state index in [4.69, 9.17) is 10.2 Å². The molecule has 0 unspecified atom stereocenters. The summed E-state index contributed by atoms with van der Waals surface area (Å²) in [6.45, 7) is 1.11. The van der Waals surface area contributed by atoms with Gasteiger partial charge in [-0.1, -0.05) is 30.3 Å². The van der Waals surface area contributed by atoms with Gasteiger partial charge in [0, 0.05) is 31.3 Å². The van der Waals surface area contributed by atoms with Crippen LogP contribution >= 0.6 is 0 Å². The Morgan fingerprint density at radius 3 is 2.46 bits per heavy atom. The Labute approximate surface area is 138 Å². The van der Waals surface area contributed by atoms with E-state index >= 15 is 0 Å². The van der Waals surface area contributed by atoms with Gasteiger partial charge in [0.15, 0.2) is 5.82 Å². The van der Waals surface area contributed by atoms with E-state index in [0.29, 0.717) is 36.9 Å². The van der Waals surface area contributed by atoms with Crippen molar-refractivity contribution in [1.82, 2.24) is 24.5 Å². The molecule has 3 N–H and O–H groups in total. The summed E-state index contributed by atoms with van der Waals surface area (Å²) in [4.78, 5) is 22.9. The third-order valence-corrected chi connectivity index (χ3v) is 3.65. The lowest BCUT2D eigenvalue weighted by molar-refractivity contribution is 0.154. The second kappa shape index (κ2) is 7.35. The molecule has 0 bridgehead atoms. The molecule has 3 aromatic rings. The van der Waals surface area contributed by atoms with E-state index in [1.807, 2.05) is 35.2 Å². The standard InChI is InChI=1S/C16H19N5O3/c22-8-6-20(7-9-23)11-13-10-14(24)21-16(17-13)18-15(19-21)12-4-2-1-3-5-12/h1-5,10,22-23H,6-9,11H2,(H,17,18,19). The average Bonchev–Trinajstić information content (AvgIpc) is 3.01. The third-order valence-electron chi connectivity index (χ3n) is 3.65. The largest absolute Gasteiger partial charge is 0.395 e. The first-order valence-electron chi connectivity index (χ1n) is 7.69. The van der Waals surface area contributed by atoms with Gasteiger partial charge in [-0.2, -0.15) is 9.50 Å². The minimum absolute atomic E-state index is 0.0260. The van der Waals surface area contributed by atoms with Crippen LogP contribution in [0.25, 0.3) is 17.2 Å². The Morgan fingerprint density at radius 2 is 1.79 bits per heavy atom. The van der Waals surface area contributed by atoms with Crippen molar-refractivity contribution in [3.63, 3.8) is 0 Å². The smallest absolute Gasteiger partial charge is 0.274 e. The summed E-state index contributed by atoms with van der Waals surface area (Å²) in [5.74, 6) is 0.865. The van der Waals surface area contributed by atoms with Crippen molar-refractivity contribution in [2.45, 2.75) is 6.54 Å². The summed E-state index contributed by atoms with van der Waals surface area (Å²) < 4.78 is 1.30. The van der Waals surface area contributed by atoms with Crippen LogP contribution in [0.5, 0.6) is 0 Å². The quantitative estimate of drug-likeness (QED) is 0.557. The lowest BCUT2D eigenvalue weighted by Gasteiger charge is -2.19. The second-order valence-electron chi connectivity index (χ2n) is 5.38. The van der Waals surface area contributed by atoms with E-state index in [0.717, 1.165) is 5.56 Å². The predicted molar refractivity (Wildman–Crippen MR) is 88.5 cm³/mol. The van der Waals surface area contributed by atoms with Crippen LogP contribution in [-0.4, -0.2) is 61.0 Å². The van der Waals surface area contributed by atoms with Crippen LogP contribution in [0, 0.1) is 0 Å². The molecule has 0 saturated carbocycles. The van der Waals surface area contributed by atoms with E-state index in [2.05, 4.69) is 15.1 Å². The van der Waals surface area contributed by atoms with Gasteiger partial charge < -0.3 is 10.2 Å². The van der Waals surface area contributed by atoms with E-state index in [1.165, 1.54) is 10.6 Å². The van der Waals surface area contributed by atoms with Gasteiger partial charge in [-0.25, -0.2) is 4.98 Å². The highest BCUT2D eigenvalue weighted by Crippen LogP contribution is 2.14. The van der Waals surface area contributed by atoms with Crippen LogP contribution in [-0.2, 0) is 6.54 Å². The van der Waals surface area contributed by atoms with Gasteiger partial charge in [0.2, 0.25) is 0 Å². The van der Waals surface area contributed by atoms with Crippen molar-refractivity contribution in [3.8, 4) is 11.4 Å². The van der Waals surface area contributed by atoms with Crippen LogP contribution in [0.3, 0.4) is 0 Å². The first kappa shape index (κ1) is 16.3. The number of aromatic amines is 1. The van der Waals surface area contributed by atoms with Gasteiger partial charge in [-0.05, 0) is 0 Å². The number of nitrogens with one attached hydrogen (secondary N) is 1. The fraction of sp³-hybridized carbons (Fsp3) is 0.312. The number of aliphatic hydroxyl groups excluding tert-OH is 2. The van der Waals surface area contributed by atoms with E-state index in [9.17, 15) is 4.79 Å². The van der Waals surface area contributed by atoms with Gasteiger partial charge in [0.05, 0.1) is 18.9 Å². The first-order chi connectivity index (χ1) is 11.7. The van der Waals surface area contributed by atoms with Crippen molar-refractivity contribution < 1.29 is 10.2 Å². The molecule has 2 aromatic heterocycles. The van der Waals surface area contributed by atoms with Crippen molar-refractivity contribution in [1.29, 1.82) is 0 Å². The zero-order valence-corrected chi connectivity index (χ0v) is 13.1. The Bertz CT molecular complexity index is 853. The fourth-order valence-electron chi connectivity index (χ4n) is 2.52. The van der Waals surface area contributed by atoms with Crippen LogP contribution in [0.2, 0.25) is 0 Å². The van der Waals surface area contributed by atoms with Crippen LogP contribution in [0.4, 0.5) is 0 Å². The molecule has 0 radical (unpaired) electrons. The van der Waals surface area contributed by atoms with E-state index < -0.39 is 0 Å². The maximum atomic E-state index is 12.3. The molecule has 1 aromatic carbocycles. The number of aliphatic hydroxyl groups is 2. The number of hydrogen-bond donors (Lipinski definition) is 3. The normalized spacial score (nSPS) is 11.5. The van der Waals surface area contributed by atoms with Crippen molar-refractivity contribution in [3.05, 3.63) is 52.4 Å². The van der Waals surface area contributed by atoms with E-state index in [1.54, 1.807) is 0 Å². The van der Waals surface area contributed by atoms with Crippen molar-refractivity contribution in [2.75, 3.05) is 26.3 Å². The molecule has 24 heavy (non-hydrogen) atoms. The molecular formula is C16H19N5O3. The molecule has 0 aliphatic carbocycles. The molecule has 0 saturated heterocycles. The molecule has 0 amide bonds. The number of aromatic nitrogens is 4. The van der Waals surface area contributed by atoms with Crippen LogP contribution < -0.4 is 5.56 Å². The predicted octanol–water partition coefficient (Wildman–Crippen LogP) is -0.129. The minimum Gasteiger partial charge on any atom is -0.395 e. The zero-order chi connectivity index (χ0) is 16.9. The molecule has 126 valence electrons.